The third-order valence-electron chi connectivity index (χ3n) is 3.82. The minimum atomic E-state index is -0.696. The fourth-order valence-corrected chi connectivity index (χ4v) is 2.87. The van der Waals surface area contributed by atoms with Crippen molar-refractivity contribution in [1.29, 1.82) is 0 Å². The number of ether oxygens (including phenoxy) is 1. The molecule has 0 bridgehead atoms. The Kier molecular flexibility index (Phi) is 2.28. The molecular weight excluding hydrogens is 292 g/mol. The first-order chi connectivity index (χ1) is 10.5. The zero-order chi connectivity index (χ0) is 15.6. The molecule has 2 atom stereocenters. The van der Waals surface area contributed by atoms with Gasteiger partial charge < -0.3 is 29.6 Å². The fraction of sp³-hybridized carbons (Fsp3) is 0.133. The summed E-state index contributed by atoms with van der Waals surface area (Å²) in [5, 5.41) is 38.8. The van der Waals surface area contributed by atoms with E-state index < -0.39 is 17.6 Å². The van der Waals surface area contributed by atoms with Gasteiger partial charge in [0, 0.05) is 18.2 Å². The lowest BCUT2D eigenvalue weighted by atomic mass is 9.91. The lowest BCUT2D eigenvalue weighted by Gasteiger charge is -2.17. The van der Waals surface area contributed by atoms with Crippen molar-refractivity contribution in [1.82, 2.24) is 0 Å². The average Bonchev–Trinajstić information content (AvgIpc) is 2.77. The molecule has 7 heteroatoms. The van der Waals surface area contributed by atoms with Gasteiger partial charge in [-0.2, -0.15) is 0 Å². The molecule has 2 heterocycles. The number of rotatable bonds is 0. The van der Waals surface area contributed by atoms with Gasteiger partial charge in [0.15, 0.2) is 11.5 Å². The van der Waals surface area contributed by atoms with Gasteiger partial charge in [-0.1, -0.05) is 0 Å². The summed E-state index contributed by atoms with van der Waals surface area (Å²) in [5.41, 5.74) is -0.561. The van der Waals surface area contributed by atoms with Crippen molar-refractivity contribution in [2.24, 2.45) is 0 Å². The molecule has 0 fully saturated rings. The van der Waals surface area contributed by atoms with Crippen molar-refractivity contribution in [3.63, 3.8) is 0 Å². The SMILES string of the molecule is O=c1oc2cc(O)cc(O)c2c2c1[C@@H]1C=C(O)C(O)=C[C@@H]1O2. The van der Waals surface area contributed by atoms with E-state index in [-0.39, 0.29) is 45.3 Å². The smallest absolute Gasteiger partial charge is 0.344 e. The molecule has 1 aromatic heterocycles. The Hall–Kier alpha value is -3.09. The Labute approximate surface area is 122 Å². The average molecular weight is 302 g/mol. The molecule has 1 aromatic carbocycles. The molecule has 0 radical (unpaired) electrons. The van der Waals surface area contributed by atoms with E-state index in [1.807, 2.05) is 0 Å². The summed E-state index contributed by atoms with van der Waals surface area (Å²) in [6.45, 7) is 0. The summed E-state index contributed by atoms with van der Waals surface area (Å²) in [6.07, 6.45) is 1.89. The van der Waals surface area contributed by atoms with Crippen LogP contribution in [0.25, 0.3) is 11.0 Å². The lowest BCUT2D eigenvalue weighted by Crippen LogP contribution is -2.21. The zero-order valence-electron chi connectivity index (χ0n) is 11.0. The molecule has 22 heavy (non-hydrogen) atoms. The highest BCUT2D eigenvalue weighted by Gasteiger charge is 2.40. The first-order valence-electron chi connectivity index (χ1n) is 6.47. The minimum absolute atomic E-state index is 0.0127. The highest BCUT2D eigenvalue weighted by molar-refractivity contribution is 5.92. The van der Waals surface area contributed by atoms with Crippen LogP contribution < -0.4 is 10.4 Å². The Balaban J connectivity index is 2.05. The molecule has 4 rings (SSSR count). The van der Waals surface area contributed by atoms with Gasteiger partial charge >= 0.3 is 5.63 Å². The monoisotopic (exact) mass is 302 g/mol. The maximum atomic E-state index is 12.2. The quantitative estimate of drug-likeness (QED) is 0.549. The number of aromatic hydroxyl groups is 2. The van der Waals surface area contributed by atoms with Gasteiger partial charge in [0.05, 0.1) is 11.5 Å². The van der Waals surface area contributed by atoms with Crippen LogP contribution in [0, 0.1) is 0 Å². The first kappa shape index (κ1) is 12.6. The predicted molar refractivity (Wildman–Crippen MR) is 74.4 cm³/mol. The van der Waals surface area contributed by atoms with Crippen LogP contribution in [0.5, 0.6) is 17.2 Å². The summed E-state index contributed by atoms with van der Waals surface area (Å²) in [7, 11) is 0. The number of aliphatic hydroxyl groups is 2. The third kappa shape index (κ3) is 1.53. The van der Waals surface area contributed by atoms with Gasteiger partial charge in [0.1, 0.15) is 34.3 Å². The number of fused-ring (bicyclic) bond motifs is 5. The highest BCUT2D eigenvalue weighted by atomic mass is 16.5. The second-order valence-corrected chi connectivity index (χ2v) is 5.18. The summed E-state index contributed by atoms with van der Waals surface area (Å²) in [5.74, 6) is -1.75. The molecule has 0 spiro atoms. The number of hydrogen-bond donors (Lipinski definition) is 4. The predicted octanol–water partition coefficient (Wildman–Crippen LogP) is 1.95. The number of aliphatic hydroxyl groups excluding tert-OH is 2. The third-order valence-corrected chi connectivity index (χ3v) is 3.82. The molecule has 1 aliphatic carbocycles. The Morgan fingerprint density at radius 2 is 1.73 bits per heavy atom. The van der Waals surface area contributed by atoms with Crippen molar-refractivity contribution in [3.05, 3.63) is 51.8 Å². The zero-order valence-corrected chi connectivity index (χ0v) is 11.0. The van der Waals surface area contributed by atoms with Crippen molar-refractivity contribution in [3.8, 4) is 17.2 Å². The molecule has 0 saturated heterocycles. The van der Waals surface area contributed by atoms with Crippen LogP contribution in [0.1, 0.15) is 11.5 Å². The standard InChI is InChI=1S/C15H10O7/c16-5-1-9(19)13-11(2-5)22-15(20)12-6-3-7(17)8(18)4-10(6)21-14(12)13/h1-4,6,10,16-19H/t6-,10+/m1/s1. The maximum absolute atomic E-state index is 12.2. The van der Waals surface area contributed by atoms with Crippen molar-refractivity contribution >= 4 is 11.0 Å². The van der Waals surface area contributed by atoms with Crippen LogP contribution >= 0.6 is 0 Å². The summed E-state index contributed by atoms with van der Waals surface area (Å²) >= 11 is 0. The number of hydrogen-bond acceptors (Lipinski definition) is 7. The molecule has 2 aromatic rings. The van der Waals surface area contributed by atoms with E-state index >= 15 is 0 Å². The number of phenols is 2. The molecule has 0 amide bonds. The van der Waals surface area contributed by atoms with Crippen LogP contribution in [-0.2, 0) is 0 Å². The number of phenolic OH excluding ortho intramolecular Hbond substituents is 2. The number of benzene rings is 1. The van der Waals surface area contributed by atoms with E-state index in [1.165, 1.54) is 18.2 Å². The molecule has 7 nitrogen and oxygen atoms in total. The molecule has 112 valence electrons. The van der Waals surface area contributed by atoms with Gasteiger partial charge in [0.2, 0.25) is 0 Å². The topological polar surface area (TPSA) is 120 Å². The first-order valence-corrected chi connectivity index (χ1v) is 6.47. The second kappa shape index (κ2) is 3.97. The van der Waals surface area contributed by atoms with Crippen LogP contribution in [0.3, 0.4) is 0 Å². The highest BCUT2D eigenvalue weighted by Crippen LogP contribution is 2.47. The van der Waals surface area contributed by atoms with Crippen molar-refractivity contribution in [2.45, 2.75) is 12.0 Å². The minimum Gasteiger partial charge on any atom is -0.508 e. The summed E-state index contributed by atoms with van der Waals surface area (Å²) < 4.78 is 10.8. The van der Waals surface area contributed by atoms with Crippen LogP contribution in [-0.4, -0.2) is 26.5 Å². The van der Waals surface area contributed by atoms with Crippen molar-refractivity contribution in [2.75, 3.05) is 0 Å². The lowest BCUT2D eigenvalue weighted by molar-refractivity contribution is 0.243. The summed E-state index contributed by atoms with van der Waals surface area (Å²) in [4.78, 5) is 12.2. The molecule has 0 saturated carbocycles. The van der Waals surface area contributed by atoms with Crippen LogP contribution in [0.2, 0.25) is 0 Å². The van der Waals surface area contributed by atoms with E-state index in [4.69, 9.17) is 9.15 Å². The molecular formula is C15H10O7. The largest absolute Gasteiger partial charge is 0.508 e. The Morgan fingerprint density at radius 1 is 1.00 bits per heavy atom. The molecule has 1 aliphatic heterocycles. The van der Waals surface area contributed by atoms with Gasteiger partial charge in [-0.25, -0.2) is 4.79 Å². The van der Waals surface area contributed by atoms with Gasteiger partial charge in [-0.3, -0.25) is 0 Å². The normalized spacial score (nSPS) is 22.5. The molecule has 0 unspecified atom stereocenters. The Morgan fingerprint density at radius 3 is 2.50 bits per heavy atom. The van der Waals surface area contributed by atoms with E-state index in [0.29, 0.717) is 0 Å². The Bertz CT molecular complexity index is 935. The maximum Gasteiger partial charge on any atom is 0.344 e. The second-order valence-electron chi connectivity index (χ2n) is 5.18. The van der Waals surface area contributed by atoms with Gasteiger partial charge in [0.25, 0.3) is 0 Å². The van der Waals surface area contributed by atoms with E-state index in [1.54, 1.807) is 0 Å². The van der Waals surface area contributed by atoms with Gasteiger partial charge in [-0.15, -0.1) is 0 Å². The molecule has 2 aliphatic rings. The van der Waals surface area contributed by atoms with Crippen LogP contribution in [0.15, 0.2) is 45.0 Å². The molecule has 4 N–H and O–H groups in total. The van der Waals surface area contributed by atoms with Crippen LogP contribution in [0.4, 0.5) is 0 Å². The summed E-state index contributed by atoms with van der Waals surface area (Å²) in [6, 6.07) is 2.30. The van der Waals surface area contributed by atoms with E-state index in [2.05, 4.69) is 0 Å². The van der Waals surface area contributed by atoms with E-state index in [9.17, 15) is 25.2 Å². The van der Waals surface area contributed by atoms with Crippen molar-refractivity contribution < 1.29 is 29.6 Å². The van der Waals surface area contributed by atoms with Gasteiger partial charge in [-0.05, 0) is 6.08 Å². The fourth-order valence-electron chi connectivity index (χ4n) is 2.87. The van der Waals surface area contributed by atoms with E-state index in [0.717, 1.165) is 6.07 Å².